The Kier molecular flexibility index (Phi) is 6.54. The van der Waals surface area contributed by atoms with E-state index in [9.17, 15) is 4.21 Å². The fourth-order valence-corrected chi connectivity index (χ4v) is 3.72. The summed E-state index contributed by atoms with van der Waals surface area (Å²) in [6, 6.07) is 0.368. The molecule has 4 heteroatoms. The minimum Gasteiger partial charge on any atom is -0.377 e. The van der Waals surface area contributed by atoms with Gasteiger partial charge in [-0.2, -0.15) is 0 Å². The van der Waals surface area contributed by atoms with Crippen LogP contribution in [-0.4, -0.2) is 41.0 Å². The molecule has 16 heavy (non-hydrogen) atoms. The summed E-state index contributed by atoms with van der Waals surface area (Å²) in [6.45, 7) is 8.24. The molecule has 1 N–H and O–H groups in total. The summed E-state index contributed by atoms with van der Waals surface area (Å²) in [6.07, 6.45) is 2.46. The zero-order valence-electron chi connectivity index (χ0n) is 10.7. The van der Waals surface area contributed by atoms with Gasteiger partial charge in [0.25, 0.3) is 0 Å². The third-order valence-corrected chi connectivity index (χ3v) is 4.51. The van der Waals surface area contributed by atoms with Crippen LogP contribution in [0.4, 0.5) is 0 Å². The molecular weight excluding hydrogens is 222 g/mol. The molecular formula is C12H25NO2S. The van der Waals surface area contributed by atoms with E-state index in [1.165, 1.54) is 0 Å². The first-order chi connectivity index (χ1) is 7.63. The van der Waals surface area contributed by atoms with Gasteiger partial charge in [0, 0.05) is 35.0 Å². The van der Waals surface area contributed by atoms with Crippen LogP contribution in [0.5, 0.6) is 0 Å². The van der Waals surface area contributed by atoms with E-state index < -0.39 is 10.8 Å². The Labute approximate surface area is 102 Å². The summed E-state index contributed by atoms with van der Waals surface area (Å²) < 4.78 is 17.5. The van der Waals surface area contributed by atoms with Crippen LogP contribution in [-0.2, 0) is 15.5 Å². The molecule has 1 aliphatic rings. The molecule has 0 saturated carbocycles. The molecule has 3 unspecified atom stereocenters. The predicted molar refractivity (Wildman–Crippen MR) is 69.2 cm³/mol. The van der Waals surface area contributed by atoms with Crippen molar-refractivity contribution in [3.05, 3.63) is 0 Å². The maximum Gasteiger partial charge on any atom is 0.0691 e. The second-order valence-corrected chi connectivity index (χ2v) is 6.36. The number of hydrogen-bond acceptors (Lipinski definition) is 3. The maximum absolute atomic E-state index is 12.0. The molecule has 1 fully saturated rings. The monoisotopic (exact) mass is 247 g/mol. The molecule has 1 saturated heterocycles. The van der Waals surface area contributed by atoms with E-state index in [-0.39, 0.29) is 6.10 Å². The lowest BCUT2D eigenvalue weighted by molar-refractivity contribution is 0.128. The number of nitrogens with one attached hydrogen (secondary N) is 1. The minimum absolute atomic E-state index is 0.246. The lowest BCUT2D eigenvalue weighted by Crippen LogP contribution is -2.39. The Bertz CT molecular complexity index is 215. The smallest absolute Gasteiger partial charge is 0.0691 e. The maximum atomic E-state index is 12.0. The third-order valence-electron chi connectivity index (χ3n) is 3.03. The summed E-state index contributed by atoms with van der Waals surface area (Å²) >= 11 is 0. The van der Waals surface area contributed by atoms with Gasteiger partial charge < -0.3 is 10.1 Å². The summed E-state index contributed by atoms with van der Waals surface area (Å²) in [5.74, 6) is 2.01. The van der Waals surface area contributed by atoms with Gasteiger partial charge in [0.2, 0.25) is 0 Å². The van der Waals surface area contributed by atoms with E-state index in [0.29, 0.717) is 17.7 Å². The van der Waals surface area contributed by atoms with Crippen LogP contribution in [0.15, 0.2) is 0 Å². The third kappa shape index (κ3) is 4.93. The molecule has 3 atom stereocenters. The fourth-order valence-electron chi connectivity index (χ4n) is 2.00. The van der Waals surface area contributed by atoms with Crippen LogP contribution < -0.4 is 5.32 Å². The molecule has 0 spiro atoms. The largest absolute Gasteiger partial charge is 0.377 e. The summed E-state index contributed by atoms with van der Waals surface area (Å²) in [7, 11) is -0.749. The molecule has 0 aromatic heterocycles. The highest BCUT2D eigenvalue weighted by atomic mass is 32.2. The highest BCUT2D eigenvalue weighted by Gasteiger charge is 2.21. The van der Waals surface area contributed by atoms with Crippen LogP contribution in [0.25, 0.3) is 0 Å². The molecule has 0 radical (unpaired) electrons. The van der Waals surface area contributed by atoms with E-state index in [4.69, 9.17) is 4.74 Å². The van der Waals surface area contributed by atoms with Crippen molar-refractivity contribution in [3.8, 4) is 0 Å². The van der Waals surface area contributed by atoms with Crippen LogP contribution >= 0.6 is 0 Å². The summed E-state index contributed by atoms with van der Waals surface area (Å²) in [4.78, 5) is 0. The van der Waals surface area contributed by atoms with Crippen molar-refractivity contribution in [2.75, 3.05) is 24.7 Å². The molecule has 3 nitrogen and oxygen atoms in total. The van der Waals surface area contributed by atoms with Gasteiger partial charge in [0.05, 0.1) is 6.10 Å². The topological polar surface area (TPSA) is 38.3 Å². The SMILES string of the molecule is CCNC(CS(=O)CC1CCCO1)C(C)C. The van der Waals surface area contributed by atoms with Crippen molar-refractivity contribution < 1.29 is 8.95 Å². The highest BCUT2D eigenvalue weighted by molar-refractivity contribution is 7.85. The standard InChI is InChI=1S/C12H25NO2S/c1-4-13-12(10(2)3)9-16(14)8-11-6-5-7-15-11/h10-13H,4-9H2,1-3H3. The minimum atomic E-state index is -0.749. The van der Waals surface area contributed by atoms with Crippen LogP contribution in [0.3, 0.4) is 0 Å². The normalized spacial score (nSPS) is 24.9. The average Bonchev–Trinajstić information content (AvgIpc) is 2.69. The molecule has 1 rings (SSSR count). The lowest BCUT2D eigenvalue weighted by atomic mass is 10.1. The fraction of sp³-hybridized carbons (Fsp3) is 1.00. The van der Waals surface area contributed by atoms with E-state index in [1.807, 2.05) is 0 Å². The van der Waals surface area contributed by atoms with E-state index >= 15 is 0 Å². The molecule has 0 aromatic carbocycles. The molecule has 0 bridgehead atoms. The second-order valence-electron chi connectivity index (χ2n) is 4.82. The first-order valence-electron chi connectivity index (χ1n) is 6.33. The van der Waals surface area contributed by atoms with Crippen LogP contribution in [0, 0.1) is 5.92 Å². The van der Waals surface area contributed by atoms with Crippen molar-refractivity contribution in [2.24, 2.45) is 5.92 Å². The van der Waals surface area contributed by atoms with E-state index in [1.54, 1.807) is 0 Å². The van der Waals surface area contributed by atoms with Crippen LogP contribution in [0.1, 0.15) is 33.6 Å². The van der Waals surface area contributed by atoms with Gasteiger partial charge in [0.15, 0.2) is 0 Å². The van der Waals surface area contributed by atoms with Crippen molar-refractivity contribution in [1.82, 2.24) is 5.32 Å². The van der Waals surface area contributed by atoms with Gasteiger partial charge in [-0.05, 0) is 25.3 Å². The van der Waals surface area contributed by atoms with Crippen molar-refractivity contribution in [2.45, 2.75) is 45.8 Å². The molecule has 0 aliphatic carbocycles. The predicted octanol–water partition coefficient (Wildman–Crippen LogP) is 1.55. The number of rotatable bonds is 7. The molecule has 96 valence electrons. The van der Waals surface area contributed by atoms with Crippen molar-refractivity contribution >= 4 is 10.8 Å². The Morgan fingerprint density at radius 1 is 1.50 bits per heavy atom. The zero-order chi connectivity index (χ0) is 12.0. The highest BCUT2D eigenvalue weighted by Crippen LogP contribution is 2.14. The number of hydrogen-bond donors (Lipinski definition) is 1. The Balaban J connectivity index is 2.29. The molecule has 1 heterocycles. The lowest BCUT2D eigenvalue weighted by Gasteiger charge is -2.21. The molecule has 0 amide bonds. The second kappa shape index (κ2) is 7.41. The van der Waals surface area contributed by atoms with Gasteiger partial charge >= 0.3 is 0 Å². The van der Waals surface area contributed by atoms with Gasteiger partial charge in [0.1, 0.15) is 0 Å². The van der Waals surface area contributed by atoms with Gasteiger partial charge in [-0.3, -0.25) is 4.21 Å². The summed E-state index contributed by atoms with van der Waals surface area (Å²) in [5, 5.41) is 3.40. The quantitative estimate of drug-likeness (QED) is 0.742. The van der Waals surface area contributed by atoms with E-state index in [2.05, 4.69) is 26.1 Å². The van der Waals surface area contributed by atoms with Gasteiger partial charge in [-0.15, -0.1) is 0 Å². The Hall–Kier alpha value is 0.0700. The van der Waals surface area contributed by atoms with Crippen LogP contribution in [0.2, 0.25) is 0 Å². The first kappa shape index (κ1) is 14.1. The Morgan fingerprint density at radius 2 is 2.25 bits per heavy atom. The molecule has 0 aromatic rings. The van der Waals surface area contributed by atoms with E-state index in [0.717, 1.165) is 31.7 Å². The zero-order valence-corrected chi connectivity index (χ0v) is 11.5. The first-order valence-corrected chi connectivity index (χ1v) is 7.82. The van der Waals surface area contributed by atoms with Crippen molar-refractivity contribution in [1.29, 1.82) is 0 Å². The number of ether oxygens (including phenoxy) is 1. The summed E-state index contributed by atoms with van der Waals surface area (Å²) in [5.41, 5.74) is 0. The van der Waals surface area contributed by atoms with Crippen molar-refractivity contribution in [3.63, 3.8) is 0 Å². The average molecular weight is 247 g/mol. The Morgan fingerprint density at radius 3 is 2.75 bits per heavy atom. The van der Waals surface area contributed by atoms with Gasteiger partial charge in [-0.1, -0.05) is 20.8 Å². The molecule has 1 aliphatic heterocycles. The van der Waals surface area contributed by atoms with Gasteiger partial charge in [-0.25, -0.2) is 0 Å².